The van der Waals surface area contributed by atoms with Crippen molar-refractivity contribution in [3.63, 3.8) is 0 Å². The number of benzene rings is 1. The number of hydrogen-bond acceptors (Lipinski definition) is 4. The average molecular weight is 271 g/mol. The Balaban J connectivity index is 1.69. The molecule has 0 spiro atoms. The Morgan fingerprint density at radius 1 is 1.26 bits per heavy atom. The van der Waals surface area contributed by atoms with Crippen molar-refractivity contribution >= 4 is 22.7 Å². The minimum absolute atomic E-state index is 0.914. The van der Waals surface area contributed by atoms with E-state index in [0.717, 1.165) is 17.1 Å². The Hall–Kier alpha value is -1.68. The van der Waals surface area contributed by atoms with E-state index in [9.17, 15) is 0 Å². The fourth-order valence-corrected chi connectivity index (χ4v) is 3.29. The highest BCUT2D eigenvalue weighted by Crippen LogP contribution is 2.29. The molecule has 0 amide bonds. The van der Waals surface area contributed by atoms with E-state index in [0.29, 0.717) is 0 Å². The molecule has 0 radical (unpaired) electrons. The van der Waals surface area contributed by atoms with Crippen LogP contribution in [0.4, 0.5) is 5.13 Å². The predicted molar refractivity (Wildman–Crippen MR) is 81.2 cm³/mol. The molecule has 3 nitrogen and oxygen atoms in total. The molecule has 1 aromatic heterocycles. The Kier molecular flexibility index (Phi) is 3.60. The van der Waals surface area contributed by atoms with Gasteiger partial charge in [-0.3, -0.25) is 5.43 Å². The molecular formula is C15H17N3S. The van der Waals surface area contributed by atoms with Gasteiger partial charge in [0, 0.05) is 4.88 Å². The molecule has 1 heterocycles. The highest BCUT2D eigenvalue weighted by Gasteiger charge is 2.14. The second-order valence-corrected chi connectivity index (χ2v) is 5.91. The maximum Gasteiger partial charge on any atom is 0.203 e. The summed E-state index contributed by atoms with van der Waals surface area (Å²) >= 11 is 1.74. The summed E-state index contributed by atoms with van der Waals surface area (Å²) in [6, 6.07) is 8.21. The number of nitrogens with one attached hydrogen (secondary N) is 1. The Labute approximate surface area is 117 Å². The van der Waals surface area contributed by atoms with Crippen molar-refractivity contribution in [3.8, 4) is 0 Å². The number of fused-ring (bicyclic) bond motifs is 1. The standard InChI is InChI=1S/C15H17N3S/c1-11-6-2-3-7-12(11)10-16-18-15-17-13-8-4-5-9-14(13)19-15/h2-3,6-7,10H,4-5,8-9H2,1H3,(H,17,18)/b16-10-. The van der Waals surface area contributed by atoms with Crippen LogP contribution in [-0.2, 0) is 12.8 Å². The molecule has 0 fully saturated rings. The molecule has 1 N–H and O–H groups in total. The maximum atomic E-state index is 4.60. The van der Waals surface area contributed by atoms with Gasteiger partial charge in [-0.25, -0.2) is 4.98 Å². The van der Waals surface area contributed by atoms with Crippen LogP contribution in [0.15, 0.2) is 29.4 Å². The lowest BCUT2D eigenvalue weighted by molar-refractivity contribution is 0.682. The van der Waals surface area contributed by atoms with E-state index in [1.54, 1.807) is 11.3 Å². The van der Waals surface area contributed by atoms with E-state index >= 15 is 0 Å². The third-order valence-electron chi connectivity index (χ3n) is 3.40. The summed E-state index contributed by atoms with van der Waals surface area (Å²) in [5.74, 6) is 0. The van der Waals surface area contributed by atoms with Crippen LogP contribution in [0.25, 0.3) is 0 Å². The summed E-state index contributed by atoms with van der Waals surface area (Å²) in [7, 11) is 0. The van der Waals surface area contributed by atoms with E-state index in [1.807, 2.05) is 18.3 Å². The van der Waals surface area contributed by atoms with Gasteiger partial charge >= 0.3 is 0 Å². The van der Waals surface area contributed by atoms with Crippen LogP contribution in [-0.4, -0.2) is 11.2 Å². The third kappa shape index (κ3) is 2.84. The minimum Gasteiger partial charge on any atom is -0.253 e. The number of anilines is 1. The van der Waals surface area contributed by atoms with Crippen molar-refractivity contribution in [3.05, 3.63) is 46.0 Å². The first-order chi connectivity index (χ1) is 9.33. The third-order valence-corrected chi connectivity index (χ3v) is 4.46. The van der Waals surface area contributed by atoms with Gasteiger partial charge in [0.25, 0.3) is 0 Å². The lowest BCUT2D eigenvalue weighted by Crippen LogP contribution is -1.99. The van der Waals surface area contributed by atoms with Gasteiger partial charge in [-0.05, 0) is 43.7 Å². The first-order valence-electron chi connectivity index (χ1n) is 6.66. The summed E-state index contributed by atoms with van der Waals surface area (Å²) in [5, 5.41) is 5.20. The smallest absolute Gasteiger partial charge is 0.203 e. The van der Waals surface area contributed by atoms with Crippen molar-refractivity contribution in [2.24, 2.45) is 5.10 Å². The van der Waals surface area contributed by atoms with Crippen LogP contribution < -0.4 is 5.43 Å². The van der Waals surface area contributed by atoms with Crippen molar-refractivity contribution < 1.29 is 0 Å². The Bertz CT molecular complexity index is 578. The molecule has 1 aliphatic rings. The number of hydrazone groups is 1. The van der Waals surface area contributed by atoms with Gasteiger partial charge in [-0.1, -0.05) is 24.3 Å². The molecular weight excluding hydrogens is 254 g/mol. The second-order valence-electron chi connectivity index (χ2n) is 4.82. The molecule has 3 rings (SSSR count). The SMILES string of the molecule is Cc1ccccc1/C=N\Nc1nc2c(s1)CCCC2. The molecule has 4 heteroatoms. The Morgan fingerprint density at radius 3 is 2.95 bits per heavy atom. The van der Waals surface area contributed by atoms with Gasteiger partial charge in [0.05, 0.1) is 11.9 Å². The van der Waals surface area contributed by atoms with Crippen LogP contribution >= 0.6 is 11.3 Å². The van der Waals surface area contributed by atoms with Crippen molar-refractivity contribution in [1.29, 1.82) is 0 Å². The molecule has 0 saturated heterocycles. The fourth-order valence-electron chi connectivity index (χ4n) is 2.29. The van der Waals surface area contributed by atoms with Crippen LogP contribution in [0, 0.1) is 6.92 Å². The van der Waals surface area contributed by atoms with E-state index in [2.05, 4.69) is 34.6 Å². The Morgan fingerprint density at radius 2 is 2.11 bits per heavy atom. The molecule has 0 unspecified atom stereocenters. The van der Waals surface area contributed by atoms with Gasteiger partial charge < -0.3 is 0 Å². The normalized spacial score (nSPS) is 14.6. The number of hydrogen-bond donors (Lipinski definition) is 1. The van der Waals surface area contributed by atoms with Gasteiger partial charge in [0.2, 0.25) is 5.13 Å². The number of rotatable bonds is 3. The molecule has 2 aromatic rings. The molecule has 0 bridgehead atoms. The molecule has 0 saturated carbocycles. The van der Waals surface area contributed by atoms with Crippen molar-refractivity contribution in [2.75, 3.05) is 5.43 Å². The minimum atomic E-state index is 0.914. The monoisotopic (exact) mass is 271 g/mol. The predicted octanol–water partition coefficient (Wildman–Crippen LogP) is 3.78. The van der Waals surface area contributed by atoms with Crippen LogP contribution in [0.2, 0.25) is 0 Å². The quantitative estimate of drug-likeness (QED) is 0.681. The summed E-state index contributed by atoms with van der Waals surface area (Å²) in [6.07, 6.45) is 6.71. The highest BCUT2D eigenvalue weighted by molar-refractivity contribution is 7.15. The largest absolute Gasteiger partial charge is 0.253 e. The van der Waals surface area contributed by atoms with E-state index < -0.39 is 0 Å². The molecule has 1 aliphatic carbocycles. The zero-order valence-electron chi connectivity index (χ0n) is 11.0. The van der Waals surface area contributed by atoms with Crippen molar-refractivity contribution in [1.82, 2.24) is 4.98 Å². The zero-order valence-corrected chi connectivity index (χ0v) is 11.8. The number of aryl methyl sites for hydroxylation is 3. The van der Waals surface area contributed by atoms with Crippen molar-refractivity contribution in [2.45, 2.75) is 32.6 Å². The molecule has 1 aromatic carbocycles. The number of nitrogens with zero attached hydrogens (tertiary/aromatic N) is 2. The summed E-state index contributed by atoms with van der Waals surface area (Å²) in [6.45, 7) is 2.09. The summed E-state index contributed by atoms with van der Waals surface area (Å²) < 4.78 is 0. The fraction of sp³-hybridized carbons (Fsp3) is 0.333. The second kappa shape index (κ2) is 5.53. The van der Waals surface area contributed by atoms with Gasteiger partial charge in [0.1, 0.15) is 0 Å². The van der Waals surface area contributed by atoms with Gasteiger partial charge in [-0.15, -0.1) is 11.3 Å². The first-order valence-corrected chi connectivity index (χ1v) is 7.48. The molecule has 0 aliphatic heterocycles. The lowest BCUT2D eigenvalue weighted by Gasteiger charge is -2.06. The zero-order chi connectivity index (χ0) is 13.1. The molecule has 98 valence electrons. The molecule has 0 atom stereocenters. The number of thiazole rings is 1. The molecule has 19 heavy (non-hydrogen) atoms. The van der Waals surface area contributed by atoms with E-state index in [1.165, 1.54) is 35.4 Å². The van der Waals surface area contributed by atoms with E-state index in [4.69, 9.17) is 0 Å². The van der Waals surface area contributed by atoms with Crippen LogP contribution in [0.3, 0.4) is 0 Å². The van der Waals surface area contributed by atoms with Gasteiger partial charge in [-0.2, -0.15) is 5.10 Å². The van der Waals surface area contributed by atoms with Gasteiger partial charge in [0.15, 0.2) is 0 Å². The first kappa shape index (κ1) is 12.4. The van der Waals surface area contributed by atoms with Crippen LogP contribution in [0.5, 0.6) is 0 Å². The average Bonchev–Trinajstić information content (AvgIpc) is 2.83. The van der Waals surface area contributed by atoms with E-state index in [-0.39, 0.29) is 0 Å². The number of aromatic nitrogens is 1. The maximum absolute atomic E-state index is 4.60. The summed E-state index contributed by atoms with van der Waals surface area (Å²) in [4.78, 5) is 6.03. The topological polar surface area (TPSA) is 37.3 Å². The highest BCUT2D eigenvalue weighted by atomic mass is 32.1. The summed E-state index contributed by atoms with van der Waals surface area (Å²) in [5.41, 5.74) is 6.69. The van der Waals surface area contributed by atoms with Crippen LogP contribution in [0.1, 0.15) is 34.5 Å². The lowest BCUT2D eigenvalue weighted by atomic mass is 10.0.